The number of carbonyl (C=O) groups is 1. The summed E-state index contributed by atoms with van der Waals surface area (Å²) in [4.78, 5) is 12.2. The highest BCUT2D eigenvalue weighted by Crippen LogP contribution is 2.61. The van der Waals surface area contributed by atoms with E-state index >= 15 is 0 Å². The molecule has 4 bridgehead atoms. The molecule has 0 aliphatic heterocycles. The van der Waals surface area contributed by atoms with E-state index in [9.17, 15) is 4.79 Å². The van der Waals surface area contributed by atoms with Gasteiger partial charge in [-0.15, -0.1) is 27.0 Å². The Labute approximate surface area is 178 Å². The van der Waals surface area contributed by atoms with Crippen LogP contribution < -0.4 is 5.32 Å². The summed E-state index contributed by atoms with van der Waals surface area (Å²) >= 11 is 2.73. The number of hydrogen-bond acceptors (Lipinski definition) is 7. The fourth-order valence-corrected chi connectivity index (χ4v) is 7.45. The van der Waals surface area contributed by atoms with Gasteiger partial charge < -0.3 is 4.57 Å². The number of amides is 1. The van der Waals surface area contributed by atoms with Crippen LogP contribution >= 0.6 is 23.1 Å². The van der Waals surface area contributed by atoms with Gasteiger partial charge in [-0.2, -0.15) is 0 Å². The normalized spacial score (nSPS) is 29.9. The van der Waals surface area contributed by atoms with Gasteiger partial charge >= 0.3 is 0 Å². The standard InChI is InChI=1S/C20H26N6OS2/c1-2-3-26-16(10-20-7-13-4-14(8-20)6-15(5-13)9-20)23-25-19(26)28-11-17(27)22-18-24-21-12-29-18/h2,12-15H,1,3-11H2,(H,22,24,27). The first-order valence-corrected chi connectivity index (χ1v) is 12.2. The Bertz CT molecular complexity index is 858. The van der Waals surface area contributed by atoms with E-state index < -0.39 is 0 Å². The minimum atomic E-state index is -0.109. The molecule has 0 aromatic carbocycles. The van der Waals surface area contributed by atoms with Gasteiger partial charge in [0, 0.05) is 13.0 Å². The van der Waals surface area contributed by atoms with E-state index in [0.717, 1.165) is 35.2 Å². The maximum absolute atomic E-state index is 12.2. The zero-order valence-corrected chi connectivity index (χ0v) is 18.1. The molecule has 2 heterocycles. The fourth-order valence-electron chi connectivity index (χ4n) is 6.22. The van der Waals surface area contributed by atoms with Crippen molar-refractivity contribution in [1.82, 2.24) is 25.0 Å². The smallest absolute Gasteiger partial charge is 0.236 e. The summed E-state index contributed by atoms with van der Waals surface area (Å²) in [5.41, 5.74) is 2.01. The van der Waals surface area contributed by atoms with E-state index in [4.69, 9.17) is 0 Å². The molecule has 4 saturated carbocycles. The van der Waals surface area contributed by atoms with Crippen LogP contribution in [0, 0.1) is 23.2 Å². The summed E-state index contributed by atoms with van der Waals surface area (Å²) in [6.07, 6.45) is 11.3. The maximum atomic E-state index is 12.2. The molecule has 154 valence electrons. The highest BCUT2D eigenvalue weighted by Gasteiger charge is 2.51. The third-order valence-electron chi connectivity index (χ3n) is 6.74. The van der Waals surface area contributed by atoms with E-state index in [1.807, 2.05) is 6.08 Å². The van der Waals surface area contributed by atoms with E-state index in [2.05, 4.69) is 36.9 Å². The van der Waals surface area contributed by atoms with Crippen molar-refractivity contribution < 1.29 is 4.79 Å². The predicted molar refractivity (Wildman–Crippen MR) is 114 cm³/mol. The van der Waals surface area contributed by atoms with Crippen LogP contribution in [0.25, 0.3) is 0 Å². The molecule has 2 aromatic heterocycles. The Morgan fingerprint density at radius 2 is 1.97 bits per heavy atom. The maximum Gasteiger partial charge on any atom is 0.236 e. The number of rotatable bonds is 8. The molecule has 4 aliphatic carbocycles. The van der Waals surface area contributed by atoms with Crippen LogP contribution in [0.1, 0.15) is 44.3 Å². The molecule has 0 spiro atoms. The monoisotopic (exact) mass is 430 g/mol. The van der Waals surface area contributed by atoms with Gasteiger partial charge in [0.1, 0.15) is 11.3 Å². The topological polar surface area (TPSA) is 85.6 Å². The molecule has 0 atom stereocenters. The molecule has 0 unspecified atom stereocenters. The number of anilines is 1. The summed E-state index contributed by atoms with van der Waals surface area (Å²) in [7, 11) is 0. The first kappa shape index (κ1) is 19.2. The second kappa shape index (κ2) is 7.83. The quantitative estimate of drug-likeness (QED) is 0.506. The fraction of sp³-hybridized carbons (Fsp3) is 0.650. The Hall–Kier alpha value is -1.74. The van der Waals surface area contributed by atoms with Gasteiger partial charge in [0.15, 0.2) is 5.16 Å². The Morgan fingerprint density at radius 1 is 1.24 bits per heavy atom. The summed E-state index contributed by atoms with van der Waals surface area (Å²) in [6, 6.07) is 0. The minimum Gasteiger partial charge on any atom is -0.302 e. The average Bonchev–Trinajstić information content (AvgIpc) is 3.30. The lowest BCUT2D eigenvalue weighted by Crippen LogP contribution is -2.47. The Kier molecular flexibility index (Phi) is 5.19. The molecule has 1 N–H and O–H groups in total. The molecular formula is C20H26N6OS2. The lowest BCUT2D eigenvalue weighted by atomic mass is 9.49. The molecule has 0 saturated heterocycles. The Morgan fingerprint density at radius 3 is 2.59 bits per heavy atom. The molecular weight excluding hydrogens is 404 g/mol. The van der Waals surface area contributed by atoms with Crippen molar-refractivity contribution in [2.75, 3.05) is 11.1 Å². The summed E-state index contributed by atoms with van der Waals surface area (Å²) < 4.78 is 2.15. The molecule has 0 radical (unpaired) electrons. The van der Waals surface area contributed by atoms with E-state index in [-0.39, 0.29) is 11.7 Å². The number of carbonyl (C=O) groups excluding carboxylic acids is 1. The van der Waals surface area contributed by atoms with Gasteiger partial charge in [-0.3, -0.25) is 10.1 Å². The van der Waals surface area contributed by atoms with Gasteiger partial charge in [0.25, 0.3) is 0 Å². The highest BCUT2D eigenvalue weighted by molar-refractivity contribution is 7.99. The van der Waals surface area contributed by atoms with Gasteiger partial charge in [-0.25, -0.2) is 0 Å². The van der Waals surface area contributed by atoms with Gasteiger partial charge in [0.2, 0.25) is 11.0 Å². The number of nitrogens with one attached hydrogen (secondary N) is 1. The second-order valence-electron chi connectivity index (χ2n) is 8.97. The molecule has 4 fully saturated rings. The van der Waals surface area contributed by atoms with Crippen LogP contribution in [-0.4, -0.2) is 36.6 Å². The van der Waals surface area contributed by atoms with Crippen molar-refractivity contribution in [3.05, 3.63) is 24.0 Å². The molecule has 4 aliphatic rings. The molecule has 1 amide bonds. The van der Waals surface area contributed by atoms with Crippen molar-refractivity contribution in [3.8, 4) is 0 Å². The van der Waals surface area contributed by atoms with Crippen LogP contribution in [-0.2, 0) is 17.8 Å². The zero-order chi connectivity index (χ0) is 19.8. The first-order valence-electron chi connectivity index (χ1n) is 10.3. The largest absolute Gasteiger partial charge is 0.302 e. The van der Waals surface area contributed by atoms with Crippen LogP contribution in [0.3, 0.4) is 0 Å². The van der Waals surface area contributed by atoms with E-state index in [1.54, 1.807) is 5.51 Å². The van der Waals surface area contributed by atoms with Crippen molar-refractivity contribution in [1.29, 1.82) is 0 Å². The van der Waals surface area contributed by atoms with E-state index in [1.165, 1.54) is 61.6 Å². The minimum absolute atomic E-state index is 0.109. The van der Waals surface area contributed by atoms with E-state index in [0.29, 0.717) is 17.1 Å². The molecule has 6 rings (SSSR count). The summed E-state index contributed by atoms with van der Waals surface area (Å²) in [5, 5.41) is 20.6. The van der Waals surface area contributed by atoms with Gasteiger partial charge in [-0.05, 0) is 61.7 Å². The lowest BCUT2D eigenvalue weighted by Gasteiger charge is -2.56. The molecule has 7 nitrogen and oxygen atoms in total. The van der Waals surface area contributed by atoms with Crippen LogP contribution in [0.15, 0.2) is 23.3 Å². The van der Waals surface area contributed by atoms with Crippen molar-refractivity contribution in [2.45, 2.75) is 56.6 Å². The van der Waals surface area contributed by atoms with Gasteiger partial charge in [-0.1, -0.05) is 29.2 Å². The summed E-state index contributed by atoms with van der Waals surface area (Å²) in [5.74, 6) is 3.99. The summed E-state index contributed by atoms with van der Waals surface area (Å²) in [6.45, 7) is 4.59. The number of allylic oxidation sites excluding steroid dienone is 1. The highest BCUT2D eigenvalue weighted by atomic mass is 32.2. The zero-order valence-electron chi connectivity index (χ0n) is 16.4. The lowest BCUT2D eigenvalue weighted by molar-refractivity contribution is -0.113. The molecule has 9 heteroatoms. The SMILES string of the molecule is C=CCn1c(CC23CC4CC(CC(C4)C2)C3)nnc1SCC(=O)Nc1nncs1. The van der Waals surface area contributed by atoms with Crippen molar-refractivity contribution in [2.24, 2.45) is 23.2 Å². The number of thioether (sulfide) groups is 1. The number of nitrogens with zero attached hydrogens (tertiary/aromatic N) is 5. The van der Waals surface area contributed by atoms with Crippen molar-refractivity contribution in [3.63, 3.8) is 0 Å². The molecule has 29 heavy (non-hydrogen) atoms. The van der Waals surface area contributed by atoms with Crippen LogP contribution in [0.4, 0.5) is 5.13 Å². The third-order valence-corrected chi connectivity index (χ3v) is 8.32. The number of aromatic nitrogens is 5. The Balaban J connectivity index is 1.28. The molecule has 2 aromatic rings. The van der Waals surface area contributed by atoms with Crippen LogP contribution in [0.5, 0.6) is 0 Å². The van der Waals surface area contributed by atoms with Gasteiger partial charge in [0.05, 0.1) is 5.75 Å². The van der Waals surface area contributed by atoms with Crippen molar-refractivity contribution >= 4 is 34.1 Å². The van der Waals surface area contributed by atoms with Crippen LogP contribution in [0.2, 0.25) is 0 Å². The predicted octanol–water partition coefficient (Wildman–Crippen LogP) is 3.81. The third kappa shape index (κ3) is 3.99. The average molecular weight is 431 g/mol. The second-order valence-corrected chi connectivity index (χ2v) is 10.7. The first-order chi connectivity index (χ1) is 14.1. The number of hydrogen-bond donors (Lipinski definition) is 1.